The molecule has 0 spiro atoms. The van der Waals surface area contributed by atoms with Crippen LogP contribution in [0.1, 0.15) is 25.6 Å². The van der Waals surface area contributed by atoms with Crippen LogP contribution in [0.5, 0.6) is 0 Å². The Morgan fingerprint density at radius 1 is 1.48 bits per heavy atom. The number of aromatic nitrogens is 4. The van der Waals surface area contributed by atoms with Crippen molar-refractivity contribution in [3.8, 4) is 0 Å². The Labute approximate surface area is 132 Å². The lowest BCUT2D eigenvalue weighted by molar-refractivity contribution is -0.133. The molecule has 0 fully saturated rings. The molecule has 6 nitrogen and oxygen atoms in total. The number of carboxylic acid groups (broad SMARTS) is 1. The fourth-order valence-corrected chi connectivity index (χ4v) is 3.78. The molecule has 116 valence electrons. The highest BCUT2D eigenvalue weighted by Gasteiger charge is 2.22. The topological polar surface area (TPSA) is 72.9 Å². The summed E-state index contributed by atoms with van der Waals surface area (Å²) in [6.07, 6.45) is 2.07. The predicted octanol–water partition coefficient (Wildman–Crippen LogP) is 2.66. The zero-order valence-electron chi connectivity index (χ0n) is 12.7. The van der Waals surface area contributed by atoms with Gasteiger partial charge in [-0.3, -0.25) is 4.79 Å². The van der Waals surface area contributed by atoms with E-state index in [-0.39, 0.29) is 11.8 Å². The average Bonchev–Trinajstić information content (AvgIpc) is 2.94. The van der Waals surface area contributed by atoms with Gasteiger partial charge < -0.3 is 9.67 Å². The van der Waals surface area contributed by atoms with Crippen molar-refractivity contribution in [2.75, 3.05) is 17.8 Å². The average molecular weight is 328 g/mol. The third kappa shape index (κ3) is 3.21. The lowest BCUT2D eigenvalue weighted by atomic mass is 10.4. The van der Waals surface area contributed by atoms with E-state index in [4.69, 9.17) is 5.11 Å². The van der Waals surface area contributed by atoms with Gasteiger partial charge in [-0.05, 0) is 27.0 Å². The monoisotopic (exact) mass is 328 g/mol. The van der Waals surface area contributed by atoms with E-state index in [9.17, 15) is 4.79 Å². The molecule has 2 aromatic rings. The van der Waals surface area contributed by atoms with Gasteiger partial charge in [0.05, 0.1) is 11.4 Å². The molecule has 0 aliphatic carbocycles. The van der Waals surface area contributed by atoms with E-state index in [0.29, 0.717) is 0 Å². The Hall–Kier alpha value is -1.15. The molecule has 0 aliphatic heterocycles. The van der Waals surface area contributed by atoms with Crippen LogP contribution < -0.4 is 0 Å². The van der Waals surface area contributed by atoms with E-state index in [1.54, 1.807) is 11.8 Å². The second kappa shape index (κ2) is 6.74. The second-order valence-electron chi connectivity index (χ2n) is 4.82. The minimum Gasteiger partial charge on any atom is -0.481 e. The number of aliphatic carboxylic acids is 1. The number of fused-ring (bicyclic) bond motifs is 1. The van der Waals surface area contributed by atoms with Crippen molar-refractivity contribution in [2.24, 2.45) is 0 Å². The lowest BCUT2D eigenvalue weighted by Gasteiger charge is -2.16. The normalized spacial score (nSPS) is 13.0. The van der Waals surface area contributed by atoms with Crippen molar-refractivity contribution in [3.63, 3.8) is 0 Å². The molecule has 0 radical (unpaired) electrons. The minimum atomic E-state index is -0.829. The number of hydrogen-bond acceptors (Lipinski definition) is 5. The molecule has 21 heavy (non-hydrogen) atoms. The summed E-state index contributed by atoms with van der Waals surface area (Å²) in [5.41, 5.74) is 2.75. The molecule has 0 aromatic carbocycles. The first-order valence-corrected chi connectivity index (χ1v) is 9.16. The highest BCUT2D eigenvalue weighted by molar-refractivity contribution is 7.99. The van der Waals surface area contributed by atoms with Crippen molar-refractivity contribution >= 4 is 40.7 Å². The standard InChI is InChI=1S/C13H20N4O2S2/c1-5-16-12-11(9(3)15-16)14-13(21-7-10(18)19)17(12)8(2)6-20-4/h8H,5-7H2,1-4H3,(H,18,19). The molecule has 0 bridgehead atoms. The second-order valence-corrected chi connectivity index (χ2v) is 6.68. The van der Waals surface area contributed by atoms with Crippen LogP contribution in [0, 0.1) is 6.92 Å². The maximum Gasteiger partial charge on any atom is 0.313 e. The maximum atomic E-state index is 10.8. The van der Waals surface area contributed by atoms with E-state index < -0.39 is 5.97 Å². The van der Waals surface area contributed by atoms with Gasteiger partial charge >= 0.3 is 5.97 Å². The van der Waals surface area contributed by atoms with Gasteiger partial charge in [0.1, 0.15) is 5.52 Å². The van der Waals surface area contributed by atoms with Crippen molar-refractivity contribution < 1.29 is 9.90 Å². The summed E-state index contributed by atoms with van der Waals surface area (Å²) in [4.78, 5) is 15.5. The molecule has 8 heteroatoms. The van der Waals surface area contributed by atoms with Crippen molar-refractivity contribution in [1.82, 2.24) is 19.3 Å². The fraction of sp³-hybridized carbons (Fsp3) is 0.615. The van der Waals surface area contributed by atoms with Crippen molar-refractivity contribution in [3.05, 3.63) is 5.69 Å². The molecule has 2 heterocycles. The zero-order valence-corrected chi connectivity index (χ0v) is 14.3. The van der Waals surface area contributed by atoms with Crippen LogP contribution in [0.15, 0.2) is 5.16 Å². The van der Waals surface area contributed by atoms with Crippen molar-refractivity contribution in [2.45, 2.75) is 38.5 Å². The van der Waals surface area contributed by atoms with Crippen LogP contribution in [0.3, 0.4) is 0 Å². The van der Waals surface area contributed by atoms with Gasteiger partial charge in [-0.25, -0.2) is 9.67 Å². The smallest absolute Gasteiger partial charge is 0.313 e. The van der Waals surface area contributed by atoms with Crippen LogP contribution in [-0.2, 0) is 11.3 Å². The van der Waals surface area contributed by atoms with E-state index in [2.05, 4.69) is 27.8 Å². The van der Waals surface area contributed by atoms with Crippen LogP contribution in [0.2, 0.25) is 0 Å². The Kier molecular flexibility index (Phi) is 5.21. The summed E-state index contributed by atoms with van der Waals surface area (Å²) >= 11 is 3.04. The molecular formula is C13H20N4O2S2. The summed E-state index contributed by atoms with van der Waals surface area (Å²) < 4.78 is 4.07. The molecule has 0 aliphatic rings. The number of imidazole rings is 1. The zero-order chi connectivity index (χ0) is 15.6. The van der Waals surface area contributed by atoms with Crippen LogP contribution in [-0.4, -0.2) is 48.2 Å². The first-order valence-electron chi connectivity index (χ1n) is 6.78. The van der Waals surface area contributed by atoms with Gasteiger partial charge in [-0.1, -0.05) is 11.8 Å². The van der Waals surface area contributed by atoms with Gasteiger partial charge in [0.25, 0.3) is 0 Å². The number of nitrogens with zero attached hydrogens (tertiary/aromatic N) is 4. The molecule has 0 saturated heterocycles. The molecule has 0 amide bonds. The van der Waals surface area contributed by atoms with Crippen LogP contribution in [0.4, 0.5) is 0 Å². The van der Waals surface area contributed by atoms with Gasteiger partial charge in [0, 0.05) is 18.3 Å². The largest absolute Gasteiger partial charge is 0.481 e. The Morgan fingerprint density at radius 2 is 2.19 bits per heavy atom. The first-order chi connectivity index (χ1) is 9.99. The summed E-state index contributed by atoms with van der Waals surface area (Å²) in [5, 5.41) is 14.2. The predicted molar refractivity (Wildman–Crippen MR) is 87.4 cm³/mol. The molecule has 1 atom stereocenters. The first kappa shape index (κ1) is 16.2. The van der Waals surface area contributed by atoms with Gasteiger partial charge in [0.15, 0.2) is 10.8 Å². The maximum absolute atomic E-state index is 10.8. The number of aryl methyl sites for hydroxylation is 2. The van der Waals surface area contributed by atoms with E-state index >= 15 is 0 Å². The number of rotatable bonds is 7. The molecule has 2 rings (SSSR count). The Morgan fingerprint density at radius 3 is 2.76 bits per heavy atom. The highest BCUT2D eigenvalue weighted by atomic mass is 32.2. The number of carboxylic acids is 1. The Balaban J connectivity index is 2.55. The summed E-state index contributed by atoms with van der Waals surface area (Å²) in [6, 6.07) is 0.239. The summed E-state index contributed by atoms with van der Waals surface area (Å²) in [7, 11) is 0. The van der Waals surface area contributed by atoms with Gasteiger partial charge in [0.2, 0.25) is 0 Å². The van der Waals surface area contributed by atoms with E-state index in [1.807, 2.05) is 18.5 Å². The molecular weight excluding hydrogens is 308 g/mol. The summed E-state index contributed by atoms with van der Waals surface area (Å²) in [5.74, 6) is 0.134. The molecule has 0 saturated carbocycles. The quantitative estimate of drug-likeness (QED) is 0.788. The molecule has 1 N–H and O–H groups in total. The van der Waals surface area contributed by atoms with Crippen molar-refractivity contribution in [1.29, 1.82) is 0 Å². The van der Waals surface area contributed by atoms with Gasteiger partial charge in [-0.15, -0.1) is 0 Å². The van der Waals surface area contributed by atoms with Crippen LogP contribution >= 0.6 is 23.5 Å². The number of carbonyl (C=O) groups is 1. The highest BCUT2D eigenvalue weighted by Crippen LogP contribution is 2.30. The van der Waals surface area contributed by atoms with Gasteiger partial charge in [-0.2, -0.15) is 16.9 Å². The number of hydrogen-bond donors (Lipinski definition) is 1. The summed E-state index contributed by atoms with van der Waals surface area (Å²) in [6.45, 7) is 6.89. The molecule has 2 aromatic heterocycles. The van der Waals surface area contributed by atoms with E-state index in [0.717, 1.165) is 34.3 Å². The SMILES string of the molecule is CCn1nc(C)c2nc(SCC(=O)O)n(C(C)CSC)c21. The minimum absolute atomic E-state index is 0.0181. The third-order valence-electron chi connectivity index (χ3n) is 3.18. The lowest BCUT2D eigenvalue weighted by Crippen LogP contribution is -2.13. The number of thioether (sulfide) groups is 2. The third-order valence-corrected chi connectivity index (χ3v) is 4.94. The Bertz CT molecular complexity index is 650. The fourth-order valence-electron chi connectivity index (χ4n) is 2.33. The van der Waals surface area contributed by atoms with Crippen LogP contribution in [0.25, 0.3) is 11.2 Å². The molecule has 1 unspecified atom stereocenters. The van der Waals surface area contributed by atoms with E-state index in [1.165, 1.54) is 11.8 Å².